The lowest BCUT2D eigenvalue weighted by Crippen LogP contribution is -2.04. The summed E-state index contributed by atoms with van der Waals surface area (Å²) >= 11 is 0. The lowest BCUT2D eigenvalue weighted by molar-refractivity contribution is 0.288. The van der Waals surface area contributed by atoms with Gasteiger partial charge in [-0.05, 0) is 6.07 Å². The Kier molecular flexibility index (Phi) is 3.90. The molecule has 138 valence electrons. The SMILES string of the molecule is CCc1cc(-c2nnc3c4ccccc4c(OCc4cnccn4)nn23)no1. The zero-order chi connectivity index (χ0) is 18.9. The number of nitrogens with zero attached hydrogens (tertiary/aromatic N) is 7. The molecule has 0 unspecified atom stereocenters. The molecule has 0 aliphatic carbocycles. The van der Waals surface area contributed by atoms with Crippen LogP contribution >= 0.6 is 0 Å². The van der Waals surface area contributed by atoms with Crippen molar-refractivity contribution in [2.45, 2.75) is 20.0 Å². The third-order valence-corrected chi connectivity index (χ3v) is 4.34. The summed E-state index contributed by atoms with van der Waals surface area (Å²) in [5, 5.41) is 19.0. The zero-order valence-electron chi connectivity index (χ0n) is 15.0. The van der Waals surface area contributed by atoms with E-state index in [9.17, 15) is 0 Å². The predicted octanol–water partition coefficient (Wildman–Crippen LogP) is 2.86. The molecule has 0 spiro atoms. The van der Waals surface area contributed by atoms with Crippen LogP contribution in [0.4, 0.5) is 0 Å². The Bertz CT molecular complexity index is 1260. The Labute approximate surface area is 159 Å². The number of ether oxygens (including phenoxy) is 1. The largest absolute Gasteiger partial charge is 0.470 e. The second kappa shape index (κ2) is 6.69. The van der Waals surface area contributed by atoms with Crippen molar-refractivity contribution in [3.8, 4) is 17.4 Å². The highest BCUT2D eigenvalue weighted by atomic mass is 16.5. The van der Waals surface area contributed by atoms with Crippen molar-refractivity contribution >= 4 is 16.4 Å². The van der Waals surface area contributed by atoms with Crippen LogP contribution in [-0.4, -0.2) is 34.9 Å². The van der Waals surface area contributed by atoms with Crippen LogP contribution in [-0.2, 0) is 13.0 Å². The van der Waals surface area contributed by atoms with E-state index in [1.54, 1.807) is 23.1 Å². The van der Waals surface area contributed by atoms with E-state index in [0.29, 0.717) is 28.7 Å². The van der Waals surface area contributed by atoms with Crippen LogP contribution in [0, 0.1) is 0 Å². The third-order valence-electron chi connectivity index (χ3n) is 4.34. The number of aryl methyl sites for hydroxylation is 1. The number of hydrogen-bond donors (Lipinski definition) is 0. The van der Waals surface area contributed by atoms with Crippen molar-refractivity contribution < 1.29 is 9.26 Å². The van der Waals surface area contributed by atoms with E-state index in [1.807, 2.05) is 37.3 Å². The first-order valence-electron chi connectivity index (χ1n) is 8.81. The maximum absolute atomic E-state index is 5.97. The summed E-state index contributed by atoms with van der Waals surface area (Å²) in [6, 6.07) is 9.61. The molecule has 0 atom stereocenters. The highest BCUT2D eigenvalue weighted by Crippen LogP contribution is 2.29. The Morgan fingerprint density at radius 2 is 2.00 bits per heavy atom. The van der Waals surface area contributed by atoms with Gasteiger partial charge in [0, 0.05) is 35.7 Å². The average molecular weight is 373 g/mol. The minimum Gasteiger partial charge on any atom is -0.470 e. The van der Waals surface area contributed by atoms with Gasteiger partial charge in [-0.15, -0.1) is 15.3 Å². The summed E-state index contributed by atoms with van der Waals surface area (Å²) in [5.74, 6) is 1.72. The molecule has 4 heterocycles. The number of fused-ring (bicyclic) bond motifs is 3. The highest BCUT2D eigenvalue weighted by Gasteiger charge is 2.18. The fourth-order valence-electron chi connectivity index (χ4n) is 2.95. The Balaban J connectivity index is 1.64. The first-order chi connectivity index (χ1) is 13.8. The topological polar surface area (TPSA) is 104 Å². The van der Waals surface area contributed by atoms with E-state index in [4.69, 9.17) is 9.26 Å². The van der Waals surface area contributed by atoms with Crippen LogP contribution in [0.15, 0.2) is 53.4 Å². The smallest absolute Gasteiger partial charge is 0.240 e. The first-order valence-corrected chi connectivity index (χ1v) is 8.81. The molecule has 0 aliphatic heterocycles. The molecule has 0 radical (unpaired) electrons. The molecular formula is C19H15N7O2. The predicted molar refractivity (Wildman–Crippen MR) is 99.5 cm³/mol. The van der Waals surface area contributed by atoms with Crippen LogP contribution in [0.5, 0.6) is 5.88 Å². The van der Waals surface area contributed by atoms with Gasteiger partial charge in [0.1, 0.15) is 12.4 Å². The normalized spacial score (nSPS) is 11.3. The van der Waals surface area contributed by atoms with Gasteiger partial charge in [-0.25, -0.2) is 0 Å². The van der Waals surface area contributed by atoms with Crippen molar-refractivity contribution in [3.63, 3.8) is 0 Å². The summed E-state index contributed by atoms with van der Waals surface area (Å²) in [5.41, 5.74) is 1.91. The van der Waals surface area contributed by atoms with Gasteiger partial charge in [0.25, 0.3) is 0 Å². The molecule has 28 heavy (non-hydrogen) atoms. The average Bonchev–Trinajstić information content (AvgIpc) is 3.39. The molecule has 9 heteroatoms. The minimum absolute atomic E-state index is 0.248. The fourth-order valence-corrected chi connectivity index (χ4v) is 2.95. The molecule has 4 aromatic heterocycles. The molecule has 0 bridgehead atoms. The van der Waals surface area contributed by atoms with Crippen molar-refractivity contribution in [3.05, 3.63) is 60.4 Å². The van der Waals surface area contributed by atoms with E-state index in [0.717, 1.165) is 23.0 Å². The molecule has 0 fully saturated rings. The Morgan fingerprint density at radius 1 is 1.11 bits per heavy atom. The molecule has 0 saturated heterocycles. The summed E-state index contributed by atoms with van der Waals surface area (Å²) in [7, 11) is 0. The van der Waals surface area contributed by atoms with Gasteiger partial charge < -0.3 is 9.26 Å². The molecule has 1 aromatic carbocycles. The van der Waals surface area contributed by atoms with Crippen LogP contribution < -0.4 is 4.74 Å². The Morgan fingerprint density at radius 3 is 2.79 bits per heavy atom. The summed E-state index contributed by atoms with van der Waals surface area (Å²) in [4.78, 5) is 8.29. The molecule has 0 amide bonds. The van der Waals surface area contributed by atoms with Crippen molar-refractivity contribution in [2.24, 2.45) is 0 Å². The van der Waals surface area contributed by atoms with Gasteiger partial charge in [-0.3, -0.25) is 9.97 Å². The van der Waals surface area contributed by atoms with Crippen LogP contribution in [0.1, 0.15) is 18.4 Å². The molecular weight excluding hydrogens is 358 g/mol. The highest BCUT2D eigenvalue weighted by molar-refractivity contribution is 5.96. The number of rotatable bonds is 5. The maximum Gasteiger partial charge on any atom is 0.240 e. The lowest BCUT2D eigenvalue weighted by atomic mass is 10.2. The van der Waals surface area contributed by atoms with Gasteiger partial charge in [0.05, 0.1) is 11.9 Å². The molecule has 0 aliphatic rings. The summed E-state index contributed by atoms with van der Waals surface area (Å²) in [6.07, 6.45) is 5.65. The van der Waals surface area contributed by atoms with Gasteiger partial charge in [-0.2, -0.15) is 4.52 Å². The van der Waals surface area contributed by atoms with Gasteiger partial charge in [0.15, 0.2) is 11.3 Å². The van der Waals surface area contributed by atoms with Crippen LogP contribution in [0.3, 0.4) is 0 Å². The van der Waals surface area contributed by atoms with Crippen molar-refractivity contribution in [2.75, 3.05) is 0 Å². The quantitative estimate of drug-likeness (QED) is 0.463. The molecule has 0 saturated carbocycles. The van der Waals surface area contributed by atoms with Crippen LogP contribution in [0.2, 0.25) is 0 Å². The third kappa shape index (κ3) is 2.73. The monoisotopic (exact) mass is 373 g/mol. The number of hydrogen-bond acceptors (Lipinski definition) is 8. The Hall–Kier alpha value is -3.88. The number of benzene rings is 1. The standard InChI is InChI=1S/C19H15N7O2/c1-2-13-9-16(25-28-13)18-23-22-17-14-5-3-4-6-15(14)19(24-26(17)18)27-11-12-10-20-7-8-21-12/h3-10H,2,11H2,1H3. The second-order valence-electron chi connectivity index (χ2n) is 6.13. The van der Waals surface area contributed by atoms with Gasteiger partial charge in [0.2, 0.25) is 11.7 Å². The molecule has 0 N–H and O–H groups in total. The fraction of sp³-hybridized carbons (Fsp3) is 0.158. The summed E-state index contributed by atoms with van der Waals surface area (Å²) < 4.78 is 12.9. The van der Waals surface area contributed by atoms with E-state index in [2.05, 4.69) is 30.4 Å². The summed E-state index contributed by atoms with van der Waals surface area (Å²) in [6.45, 7) is 2.24. The molecule has 5 aromatic rings. The zero-order valence-corrected chi connectivity index (χ0v) is 15.0. The molecule has 5 rings (SSSR count). The van der Waals surface area contributed by atoms with E-state index >= 15 is 0 Å². The maximum atomic E-state index is 5.97. The van der Waals surface area contributed by atoms with Gasteiger partial charge in [-0.1, -0.05) is 30.3 Å². The van der Waals surface area contributed by atoms with Crippen molar-refractivity contribution in [1.82, 2.24) is 34.9 Å². The van der Waals surface area contributed by atoms with Crippen molar-refractivity contribution in [1.29, 1.82) is 0 Å². The van der Waals surface area contributed by atoms with E-state index < -0.39 is 0 Å². The first kappa shape index (κ1) is 16.3. The van der Waals surface area contributed by atoms with Crippen LogP contribution in [0.25, 0.3) is 27.9 Å². The minimum atomic E-state index is 0.248. The number of aromatic nitrogens is 7. The van der Waals surface area contributed by atoms with E-state index in [-0.39, 0.29) is 6.61 Å². The molecule has 9 nitrogen and oxygen atoms in total. The van der Waals surface area contributed by atoms with Gasteiger partial charge >= 0.3 is 0 Å². The van der Waals surface area contributed by atoms with E-state index in [1.165, 1.54) is 0 Å². The lowest BCUT2D eigenvalue weighted by Gasteiger charge is -2.09. The second-order valence-corrected chi connectivity index (χ2v) is 6.13.